The van der Waals surface area contributed by atoms with E-state index >= 15 is 0 Å². The van der Waals surface area contributed by atoms with Crippen LogP contribution in [0.1, 0.15) is 6.92 Å². The minimum atomic E-state index is -0.523. The summed E-state index contributed by atoms with van der Waals surface area (Å²) < 4.78 is 10.4. The van der Waals surface area contributed by atoms with Gasteiger partial charge in [-0.2, -0.15) is 0 Å². The summed E-state index contributed by atoms with van der Waals surface area (Å²) in [4.78, 5) is 26.0. The maximum atomic E-state index is 12.7. The van der Waals surface area contributed by atoms with Crippen molar-refractivity contribution >= 4 is 35.0 Å². The fraction of sp³-hybridized carbons (Fsp3) is 0.263. The second kappa shape index (κ2) is 7.70. The van der Waals surface area contributed by atoms with Crippen molar-refractivity contribution in [2.45, 2.75) is 17.1 Å². The third kappa shape index (κ3) is 3.77. The number of methoxy groups -OCH3 is 2. The number of carbonyl (C=O) groups is 2. The molecule has 0 aliphatic carbocycles. The van der Waals surface area contributed by atoms with E-state index in [1.807, 2.05) is 24.3 Å². The van der Waals surface area contributed by atoms with Crippen LogP contribution in [0.25, 0.3) is 0 Å². The van der Waals surface area contributed by atoms with Gasteiger partial charge in [-0.05, 0) is 12.1 Å². The van der Waals surface area contributed by atoms with E-state index < -0.39 is 11.2 Å². The first-order chi connectivity index (χ1) is 12.5. The summed E-state index contributed by atoms with van der Waals surface area (Å²) in [5.41, 5.74) is 1.34. The number of rotatable bonds is 5. The summed E-state index contributed by atoms with van der Waals surface area (Å²) in [5.74, 6) is 0.217. The average Bonchev–Trinajstić information content (AvgIpc) is 2.66. The van der Waals surface area contributed by atoms with Crippen LogP contribution >= 0.6 is 11.8 Å². The van der Waals surface area contributed by atoms with Crippen LogP contribution in [0.15, 0.2) is 47.4 Å². The molecule has 0 bridgehead atoms. The molecule has 2 N–H and O–H groups in total. The zero-order chi connectivity index (χ0) is 18.7. The van der Waals surface area contributed by atoms with Crippen molar-refractivity contribution in [1.29, 1.82) is 0 Å². The Morgan fingerprint density at radius 1 is 1.15 bits per heavy atom. The van der Waals surface area contributed by atoms with Gasteiger partial charge in [0.05, 0.1) is 31.1 Å². The van der Waals surface area contributed by atoms with Gasteiger partial charge in [-0.15, -0.1) is 11.8 Å². The molecule has 0 saturated heterocycles. The first-order valence-electron chi connectivity index (χ1n) is 8.12. The Balaban J connectivity index is 1.75. The van der Waals surface area contributed by atoms with E-state index in [2.05, 4.69) is 10.6 Å². The Hall–Kier alpha value is -2.67. The third-order valence-corrected chi connectivity index (χ3v) is 5.63. The number of thioether (sulfide) groups is 1. The lowest BCUT2D eigenvalue weighted by molar-refractivity contribution is -0.123. The second-order valence-electron chi connectivity index (χ2n) is 5.90. The van der Waals surface area contributed by atoms with Gasteiger partial charge >= 0.3 is 0 Å². The summed E-state index contributed by atoms with van der Waals surface area (Å²) in [5, 5.41) is 5.20. The van der Waals surface area contributed by atoms with E-state index in [4.69, 9.17) is 9.47 Å². The summed E-state index contributed by atoms with van der Waals surface area (Å²) in [6.07, 6.45) is 0. The molecule has 0 spiro atoms. The van der Waals surface area contributed by atoms with Crippen LogP contribution in [0.2, 0.25) is 0 Å². The van der Waals surface area contributed by atoms with Crippen LogP contribution in [0, 0.1) is 5.92 Å². The highest BCUT2D eigenvalue weighted by Crippen LogP contribution is 2.38. The molecule has 136 valence electrons. The zero-order valence-corrected chi connectivity index (χ0v) is 15.6. The van der Waals surface area contributed by atoms with Crippen LogP contribution in [0.5, 0.6) is 11.5 Å². The molecule has 2 aromatic rings. The predicted octanol–water partition coefficient (Wildman–Crippen LogP) is 3.39. The fourth-order valence-corrected chi connectivity index (χ4v) is 3.84. The van der Waals surface area contributed by atoms with Crippen LogP contribution in [0.3, 0.4) is 0 Å². The number of fused-ring (bicyclic) bond motifs is 1. The molecule has 26 heavy (non-hydrogen) atoms. The molecule has 1 heterocycles. The topological polar surface area (TPSA) is 76.7 Å². The van der Waals surface area contributed by atoms with Gasteiger partial charge in [0.2, 0.25) is 11.8 Å². The van der Waals surface area contributed by atoms with Crippen LogP contribution in [-0.4, -0.2) is 31.3 Å². The Morgan fingerprint density at radius 3 is 2.46 bits per heavy atom. The van der Waals surface area contributed by atoms with E-state index in [1.165, 1.54) is 11.8 Å². The lowest BCUT2D eigenvalue weighted by Crippen LogP contribution is -2.39. The monoisotopic (exact) mass is 372 g/mol. The minimum Gasteiger partial charge on any atom is -0.497 e. The smallest absolute Gasteiger partial charge is 0.238 e. The highest BCUT2D eigenvalue weighted by molar-refractivity contribution is 8.01. The summed E-state index contributed by atoms with van der Waals surface area (Å²) in [6, 6.07) is 12.7. The van der Waals surface area contributed by atoms with Crippen LogP contribution < -0.4 is 20.1 Å². The molecular formula is C19H20N2O4S. The lowest BCUT2D eigenvalue weighted by Gasteiger charge is -2.27. The van der Waals surface area contributed by atoms with E-state index in [1.54, 1.807) is 39.3 Å². The molecule has 2 aromatic carbocycles. The van der Waals surface area contributed by atoms with E-state index in [-0.39, 0.29) is 11.8 Å². The molecule has 2 atom stereocenters. The highest BCUT2D eigenvalue weighted by Gasteiger charge is 2.35. The molecule has 0 saturated carbocycles. The first-order valence-corrected chi connectivity index (χ1v) is 9.00. The lowest BCUT2D eigenvalue weighted by atomic mass is 10.1. The number of ether oxygens (including phenoxy) is 2. The Bertz CT molecular complexity index is 818. The van der Waals surface area contributed by atoms with E-state index in [9.17, 15) is 9.59 Å². The van der Waals surface area contributed by atoms with Crippen molar-refractivity contribution in [3.05, 3.63) is 42.5 Å². The SMILES string of the molecule is COc1cc(NC(=O)C(C)C2Sc3ccccc3NC2=O)cc(OC)c1. The number of amides is 2. The van der Waals surface area contributed by atoms with Crippen molar-refractivity contribution in [2.75, 3.05) is 24.9 Å². The number of hydrogen-bond acceptors (Lipinski definition) is 5. The molecule has 1 aliphatic rings. The molecule has 0 fully saturated rings. The molecule has 1 aliphatic heterocycles. The predicted molar refractivity (Wildman–Crippen MR) is 102 cm³/mol. The highest BCUT2D eigenvalue weighted by atomic mass is 32.2. The first kappa shape index (κ1) is 18.1. The summed E-state index contributed by atoms with van der Waals surface area (Å²) in [7, 11) is 3.09. The molecule has 2 unspecified atom stereocenters. The number of nitrogens with one attached hydrogen (secondary N) is 2. The Kier molecular flexibility index (Phi) is 5.37. The van der Waals surface area contributed by atoms with E-state index in [0.29, 0.717) is 17.2 Å². The molecule has 7 heteroatoms. The number of anilines is 2. The largest absolute Gasteiger partial charge is 0.497 e. The normalized spacial score (nSPS) is 16.9. The van der Waals surface area contributed by atoms with Gasteiger partial charge in [0.15, 0.2) is 0 Å². The van der Waals surface area contributed by atoms with Gasteiger partial charge in [-0.3, -0.25) is 9.59 Å². The Labute approximate surface area is 156 Å². The van der Waals surface area contributed by atoms with Gasteiger partial charge < -0.3 is 20.1 Å². The van der Waals surface area contributed by atoms with Gasteiger partial charge in [0.1, 0.15) is 11.5 Å². The van der Waals surface area contributed by atoms with Gasteiger partial charge in [-0.25, -0.2) is 0 Å². The number of hydrogen-bond donors (Lipinski definition) is 2. The quantitative estimate of drug-likeness (QED) is 0.841. The van der Waals surface area contributed by atoms with Crippen LogP contribution in [0.4, 0.5) is 11.4 Å². The van der Waals surface area contributed by atoms with Gasteiger partial charge in [0.25, 0.3) is 0 Å². The van der Waals surface area contributed by atoms with Crippen molar-refractivity contribution in [2.24, 2.45) is 5.92 Å². The van der Waals surface area contributed by atoms with Crippen molar-refractivity contribution in [3.63, 3.8) is 0 Å². The number of benzene rings is 2. The Morgan fingerprint density at radius 2 is 1.81 bits per heavy atom. The number of carbonyl (C=O) groups excluding carboxylic acids is 2. The third-order valence-electron chi connectivity index (χ3n) is 4.14. The molecule has 3 rings (SSSR count). The summed E-state index contributed by atoms with van der Waals surface area (Å²) >= 11 is 1.41. The second-order valence-corrected chi connectivity index (χ2v) is 7.09. The van der Waals surface area contributed by atoms with Crippen molar-refractivity contribution in [1.82, 2.24) is 0 Å². The summed E-state index contributed by atoms with van der Waals surface area (Å²) in [6.45, 7) is 1.75. The number of para-hydroxylation sites is 1. The molecule has 6 nitrogen and oxygen atoms in total. The maximum absolute atomic E-state index is 12.7. The molecule has 0 aromatic heterocycles. The van der Waals surface area contributed by atoms with Crippen molar-refractivity contribution in [3.8, 4) is 11.5 Å². The minimum absolute atomic E-state index is 0.167. The van der Waals surface area contributed by atoms with Gasteiger partial charge in [-0.1, -0.05) is 19.1 Å². The van der Waals surface area contributed by atoms with E-state index in [0.717, 1.165) is 10.6 Å². The molecular weight excluding hydrogens is 352 g/mol. The zero-order valence-electron chi connectivity index (χ0n) is 14.7. The fourth-order valence-electron chi connectivity index (χ4n) is 2.67. The van der Waals surface area contributed by atoms with Crippen molar-refractivity contribution < 1.29 is 19.1 Å². The maximum Gasteiger partial charge on any atom is 0.238 e. The molecule has 0 radical (unpaired) electrons. The van der Waals surface area contributed by atoms with Gasteiger partial charge in [0, 0.05) is 28.8 Å². The average molecular weight is 372 g/mol. The van der Waals surface area contributed by atoms with Crippen LogP contribution in [-0.2, 0) is 9.59 Å². The standard InChI is InChI=1S/C19H20N2O4S/c1-11(17-19(23)21-15-6-4-5-7-16(15)26-17)18(22)20-12-8-13(24-2)10-14(9-12)25-3/h4-11,17H,1-3H3,(H,20,22)(H,21,23). The molecule has 2 amide bonds.